The number of rotatable bonds is 6. The Bertz CT molecular complexity index is 1490. The number of aliphatic hydroxyl groups excluding tert-OH is 1. The van der Waals surface area contributed by atoms with Crippen LogP contribution in [-0.2, 0) is 15.0 Å². The van der Waals surface area contributed by atoms with Gasteiger partial charge in [0.05, 0.1) is 31.4 Å². The molecule has 0 aromatic heterocycles. The van der Waals surface area contributed by atoms with E-state index < -0.39 is 35.6 Å². The van der Waals surface area contributed by atoms with Crippen LogP contribution in [0.4, 0.5) is 18.9 Å². The van der Waals surface area contributed by atoms with Crippen molar-refractivity contribution in [3.63, 3.8) is 0 Å². The van der Waals surface area contributed by atoms with Crippen LogP contribution in [0.1, 0.15) is 43.5 Å². The molecule has 3 aromatic carbocycles. The molecule has 1 heterocycles. The van der Waals surface area contributed by atoms with Gasteiger partial charge in [-0.3, -0.25) is 14.5 Å². The molecule has 1 amide bonds. The van der Waals surface area contributed by atoms with E-state index in [2.05, 4.69) is 4.74 Å². The van der Waals surface area contributed by atoms with Crippen LogP contribution in [0.5, 0.6) is 17.2 Å². The second kappa shape index (κ2) is 10.6. The van der Waals surface area contributed by atoms with Crippen molar-refractivity contribution in [3.8, 4) is 17.2 Å². The lowest BCUT2D eigenvalue weighted by Gasteiger charge is -2.26. The van der Waals surface area contributed by atoms with Gasteiger partial charge in [-0.15, -0.1) is 13.2 Å². The maximum absolute atomic E-state index is 13.5. The van der Waals surface area contributed by atoms with Gasteiger partial charge in [0, 0.05) is 11.8 Å². The number of anilines is 1. The molecule has 0 saturated carbocycles. The van der Waals surface area contributed by atoms with Crippen LogP contribution in [0, 0.1) is 0 Å². The van der Waals surface area contributed by atoms with Gasteiger partial charge in [0.15, 0.2) is 0 Å². The SMILES string of the molecule is COc1cccc(C2/C(=C(\O)c3cc(C(C)(C)C)ccc3OC)C(=O)C(=O)N2c2cccc(OC(F)(F)F)c2)c1. The molecule has 7 nitrogen and oxygen atoms in total. The van der Waals surface area contributed by atoms with Gasteiger partial charge in [0.1, 0.15) is 23.0 Å². The fraction of sp³-hybridized carbons (Fsp3) is 0.267. The number of ketones is 1. The Morgan fingerprint density at radius 1 is 0.875 bits per heavy atom. The van der Waals surface area contributed by atoms with Crippen LogP contribution in [0.2, 0.25) is 0 Å². The summed E-state index contributed by atoms with van der Waals surface area (Å²) in [6.45, 7) is 5.93. The number of Topliss-reactive ketones (excluding diaryl/α,β-unsaturated/α-hetero) is 1. The molecule has 1 saturated heterocycles. The molecule has 0 bridgehead atoms. The monoisotopic (exact) mass is 555 g/mol. The van der Waals surface area contributed by atoms with E-state index in [1.807, 2.05) is 26.8 Å². The molecule has 1 aliphatic heterocycles. The van der Waals surface area contributed by atoms with Crippen molar-refractivity contribution in [2.75, 3.05) is 19.1 Å². The van der Waals surface area contributed by atoms with Gasteiger partial charge < -0.3 is 19.3 Å². The number of carbonyl (C=O) groups excluding carboxylic acids is 2. The molecule has 40 heavy (non-hydrogen) atoms. The summed E-state index contributed by atoms with van der Waals surface area (Å²) >= 11 is 0. The maximum Gasteiger partial charge on any atom is 0.573 e. The van der Waals surface area contributed by atoms with E-state index in [0.29, 0.717) is 11.3 Å². The third-order valence-corrected chi connectivity index (χ3v) is 6.50. The van der Waals surface area contributed by atoms with Gasteiger partial charge in [-0.25, -0.2) is 0 Å². The van der Waals surface area contributed by atoms with Crippen molar-refractivity contribution in [2.24, 2.45) is 0 Å². The van der Waals surface area contributed by atoms with E-state index in [1.54, 1.807) is 36.4 Å². The third kappa shape index (κ3) is 5.61. The largest absolute Gasteiger partial charge is 0.573 e. The van der Waals surface area contributed by atoms with Crippen molar-refractivity contribution >= 4 is 23.1 Å². The molecule has 0 spiro atoms. The molecule has 210 valence electrons. The number of nitrogens with zero attached hydrogens (tertiary/aromatic N) is 1. The van der Waals surface area contributed by atoms with Crippen LogP contribution in [0.15, 0.2) is 72.3 Å². The van der Waals surface area contributed by atoms with Crippen LogP contribution < -0.4 is 19.1 Å². The van der Waals surface area contributed by atoms with E-state index in [1.165, 1.54) is 26.4 Å². The minimum Gasteiger partial charge on any atom is -0.507 e. The number of hydrogen-bond donors (Lipinski definition) is 1. The van der Waals surface area contributed by atoms with Gasteiger partial charge in [-0.2, -0.15) is 0 Å². The van der Waals surface area contributed by atoms with Gasteiger partial charge in [-0.05, 0) is 52.9 Å². The summed E-state index contributed by atoms with van der Waals surface area (Å²) in [4.78, 5) is 28.1. The summed E-state index contributed by atoms with van der Waals surface area (Å²) in [7, 11) is 2.85. The molecule has 1 fully saturated rings. The fourth-order valence-electron chi connectivity index (χ4n) is 4.56. The highest BCUT2D eigenvalue weighted by atomic mass is 19.4. The Morgan fingerprint density at radius 3 is 2.17 bits per heavy atom. The fourth-order valence-corrected chi connectivity index (χ4v) is 4.56. The number of benzene rings is 3. The average molecular weight is 556 g/mol. The number of methoxy groups -OCH3 is 2. The zero-order valence-electron chi connectivity index (χ0n) is 22.5. The van der Waals surface area contributed by atoms with Crippen molar-refractivity contribution < 1.29 is 42.1 Å². The Morgan fingerprint density at radius 2 is 1.55 bits per heavy atom. The predicted octanol–water partition coefficient (Wildman–Crippen LogP) is 6.53. The first kappa shape index (κ1) is 28.5. The zero-order valence-corrected chi connectivity index (χ0v) is 22.5. The second-order valence-electron chi connectivity index (χ2n) is 10.2. The smallest absolute Gasteiger partial charge is 0.507 e. The van der Waals surface area contributed by atoms with Crippen molar-refractivity contribution in [2.45, 2.75) is 38.6 Å². The second-order valence-corrected chi connectivity index (χ2v) is 10.2. The Labute approximate surface area is 229 Å². The first-order valence-corrected chi connectivity index (χ1v) is 12.2. The number of halogens is 3. The average Bonchev–Trinajstić information content (AvgIpc) is 3.16. The van der Waals surface area contributed by atoms with Crippen LogP contribution in [0.3, 0.4) is 0 Å². The molecule has 0 aliphatic carbocycles. The van der Waals surface area contributed by atoms with E-state index in [4.69, 9.17) is 9.47 Å². The normalized spacial score (nSPS) is 17.2. The Kier molecular flexibility index (Phi) is 7.56. The van der Waals surface area contributed by atoms with Gasteiger partial charge in [0.25, 0.3) is 11.7 Å². The van der Waals surface area contributed by atoms with Gasteiger partial charge >= 0.3 is 6.36 Å². The zero-order chi connectivity index (χ0) is 29.4. The lowest BCUT2D eigenvalue weighted by molar-refractivity contribution is -0.274. The minimum absolute atomic E-state index is 0.0360. The first-order valence-electron chi connectivity index (χ1n) is 12.2. The summed E-state index contributed by atoms with van der Waals surface area (Å²) in [5.41, 5.74) is 0.789. The summed E-state index contributed by atoms with van der Waals surface area (Å²) in [5.74, 6) is -2.44. The topological polar surface area (TPSA) is 85.3 Å². The predicted molar refractivity (Wildman–Crippen MR) is 143 cm³/mol. The summed E-state index contributed by atoms with van der Waals surface area (Å²) < 4.78 is 53.6. The quantitative estimate of drug-likeness (QED) is 0.212. The lowest BCUT2D eigenvalue weighted by Crippen LogP contribution is -2.29. The third-order valence-electron chi connectivity index (χ3n) is 6.50. The molecule has 1 unspecified atom stereocenters. The van der Waals surface area contributed by atoms with Crippen molar-refractivity contribution in [1.29, 1.82) is 0 Å². The molecule has 1 N–H and O–H groups in total. The number of hydrogen-bond acceptors (Lipinski definition) is 6. The minimum atomic E-state index is -4.96. The number of ether oxygens (including phenoxy) is 3. The number of carbonyl (C=O) groups is 2. The first-order chi connectivity index (χ1) is 18.7. The van der Waals surface area contributed by atoms with E-state index in [0.717, 1.165) is 22.6 Å². The highest BCUT2D eigenvalue weighted by Gasteiger charge is 2.47. The highest BCUT2D eigenvalue weighted by Crippen LogP contribution is 2.45. The maximum atomic E-state index is 13.5. The molecule has 1 aliphatic rings. The highest BCUT2D eigenvalue weighted by molar-refractivity contribution is 6.51. The van der Waals surface area contributed by atoms with E-state index in [9.17, 15) is 27.9 Å². The van der Waals surface area contributed by atoms with E-state index >= 15 is 0 Å². The number of amides is 1. The summed E-state index contributed by atoms with van der Waals surface area (Å²) in [6, 6.07) is 15.2. The van der Waals surface area contributed by atoms with Crippen LogP contribution in [-0.4, -0.2) is 37.4 Å². The number of aliphatic hydroxyl groups is 1. The van der Waals surface area contributed by atoms with E-state index in [-0.39, 0.29) is 28.0 Å². The molecule has 0 radical (unpaired) electrons. The van der Waals surface area contributed by atoms with Gasteiger partial charge in [0.2, 0.25) is 0 Å². The summed E-state index contributed by atoms with van der Waals surface area (Å²) in [6.07, 6.45) is -4.96. The van der Waals surface area contributed by atoms with Crippen LogP contribution in [0.25, 0.3) is 5.76 Å². The molecular formula is C30H28F3NO6. The van der Waals surface area contributed by atoms with Crippen LogP contribution >= 0.6 is 0 Å². The van der Waals surface area contributed by atoms with Crippen molar-refractivity contribution in [3.05, 3.63) is 89.0 Å². The molecule has 3 aromatic rings. The van der Waals surface area contributed by atoms with Crippen molar-refractivity contribution in [1.82, 2.24) is 0 Å². The summed E-state index contributed by atoms with van der Waals surface area (Å²) in [5, 5.41) is 11.6. The number of alkyl halides is 3. The molecule has 1 atom stereocenters. The molecular weight excluding hydrogens is 527 g/mol. The Hall–Kier alpha value is -4.47. The lowest BCUT2D eigenvalue weighted by atomic mass is 9.85. The molecule has 10 heteroatoms. The Balaban J connectivity index is 1.98. The standard InChI is InChI=1S/C30H28F3NO6/c1-29(2,3)18-12-13-23(39-5)22(15-18)26(35)24-25(17-8-6-10-20(14-17)38-4)34(28(37)27(24)36)19-9-7-11-21(16-19)40-30(31,32)33/h6-16,25,35H,1-5H3/b26-24+. The molecule has 4 rings (SSSR count). The van der Waals surface area contributed by atoms with Gasteiger partial charge in [-0.1, -0.05) is 45.0 Å².